The van der Waals surface area contributed by atoms with Crippen molar-refractivity contribution in [3.05, 3.63) is 22.7 Å². The van der Waals surface area contributed by atoms with Gasteiger partial charge >= 0.3 is 5.97 Å². The van der Waals surface area contributed by atoms with Crippen LogP contribution in [0.1, 0.15) is 27.2 Å². The molecule has 1 aromatic heterocycles. The second-order valence-corrected chi connectivity index (χ2v) is 4.84. The van der Waals surface area contributed by atoms with Crippen LogP contribution in [-0.4, -0.2) is 27.2 Å². The lowest BCUT2D eigenvalue weighted by Gasteiger charge is -2.17. The number of aryl methyl sites for hydroxylation is 1. The Kier molecular flexibility index (Phi) is 5.54. The predicted octanol–water partition coefficient (Wildman–Crippen LogP) is 1.42. The third-order valence-corrected chi connectivity index (χ3v) is 2.99. The number of aromatic nitrogens is 2. The SMILES string of the molecule is CCCn1ccnc(NCC(C(=O)O)C(C)C)c1=O. The van der Waals surface area contributed by atoms with Gasteiger partial charge in [-0.1, -0.05) is 20.8 Å². The number of hydrogen-bond donors (Lipinski definition) is 2. The summed E-state index contributed by atoms with van der Waals surface area (Å²) in [6.45, 7) is 6.50. The second kappa shape index (κ2) is 6.92. The van der Waals surface area contributed by atoms with E-state index in [0.717, 1.165) is 6.42 Å². The molecular formula is C13H21N3O3. The minimum Gasteiger partial charge on any atom is -0.481 e. The molecule has 2 N–H and O–H groups in total. The first kappa shape index (κ1) is 15.2. The summed E-state index contributed by atoms with van der Waals surface area (Å²) < 4.78 is 1.57. The van der Waals surface area contributed by atoms with Gasteiger partial charge in [-0.3, -0.25) is 9.59 Å². The molecule has 6 heteroatoms. The Morgan fingerprint density at radius 1 is 1.53 bits per heavy atom. The van der Waals surface area contributed by atoms with Gasteiger partial charge in [-0.15, -0.1) is 0 Å². The van der Waals surface area contributed by atoms with Gasteiger partial charge < -0.3 is 15.0 Å². The van der Waals surface area contributed by atoms with Gasteiger partial charge in [0.2, 0.25) is 0 Å². The van der Waals surface area contributed by atoms with Gasteiger partial charge in [-0.25, -0.2) is 4.98 Å². The van der Waals surface area contributed by atoms with Gasteiger partial charge in [0.05, 0.1) is 5.92 Å². The molecule has 0 saturated carbocycles. The van der Waals surface area contributed by atoms with Gasteiger partial charge in [-0.2, -0.15) is 0 Å². The first-order valence-corrected chi connectivity index (χ1v) is 6.49. The van der Waals surface area contributed by atoms with Crippen molar-refractivity contribution in [2.24, 2.45) is 11.8 Å². The van der Waals surface area contributed by atoms with E-state index >= 15 is 0 Å². The van der Waals surface area contributed by atoms with Crippen molar-refractivity contribution >= 4 is 11.8 Å². The fourth-order valence-electron chi connectivity index (χ4n) is 1.80. The van der Waals surface area contributed by atoms with Crippen LogP contribution >= 0.6 is 0 Å². The maximum absolute atomic E-state index is 12.0. The molecule has 0 spiro atoms. The number of aliphatic carboxylic acids is 1. The molecule has 1 rings (SSSR count). The molecule has 0 amide bonds. The van der Waals surface area contributed by atoms with Crippen LogP contribution in [0.2, 0.25) is 0 Å². The highest BCUT2D eigenvalue weighted by molar-refractivity contribution is 5.71. The molecule has 0 radical (unpaired) electrons. The van der Waals surface area contributed by atoms with E-state index in [2.05, 4.69) is 10.3 Å². The van der Waals surface area contributed by atoms with Gasteiger partial charge in [0.1, 0.15) is 0 Å². The Morgan fingerprint density at radius 3 is 2.74 bits per heavy atom. The van der Waals surface area contributed by atoms with Gasteiger partial charge in [0.15, 0.2) is 5.82 Å². The zero-order chi connectivity index (χ0) is 14.4. The molecule has 1 heterocycles. The average Bonchev–Trinajstić information content (AvgIpc) is 2.33. The molecule has 1 unspecified atom stereocenters. The first-order chi connectivity index (χ1) is 8.97. The van der Waals surface area contributed by atoms with Crippen LogP contribution in [0, 0.1) is 11.8 Å². The van der Waals surface area contributed by atoms with E-state index in [0.29, 0.717) is 6.54 Å². The smallest absolute Gasteiger partial charge is 0.308 e. The number of rotatable bonds is 7. The average molecular weight is 267 g/mol. The Morgan fingerprint density at radius 2 is 2.21 bits per heavy atom. The molecule has 0 aliphatic rings. The molecule has 0 bridgehead atoms. The Balaban J connectivity index is 2.80. The number of hydrogen-bond acceptors (Lipinski definition) is 4. The van der Waals surface area contributed by atoms with E-state index in [1.54, 1.807) is 17.0 Å². The summed E-state index contributed by atoms with van der Waals surface area (Å²) in [6, 6.07) is 0. The fourth-order valence-corrected chi connectivity index (χ4v) is 1.80. The van der Waals surface area contributed by atoms with E-state index in [4.69, 9.17) is 5.11 Å². The maximum Gasteiger partial charge on any atom is 0.308 e. The lowest BCUT2D eigenvalue weighted by molar-refractivity contribution is -0.142. The summed E-state index contributed by atoms with van der Waals surface area (Å²) in [5, 5.41) is 11.9. The highest BCUT2D eigenvalue weighted by Gasteiger charge is 2.21. The van der Waals surface area contributed by atoms with Crippen LogP contribution < -0.4 is 10.9 Å². The summed E-state index contributed by atoms with van der Waals surface area (Å²) >= 11 is 0. The largest absolute Gasteiger partial charge is 0.481 e. The van der Waals surface area contributed by atoms with E-state index < -0.39 is 11.9 Å². The summed E-state index contributed by atoms with van der Waals surface area (Å²) in [5.41, 5.74) is -0.211. The van der Waals surface area contributed by atoms with E-state index in [9.17, 15) is 9.59 Å². The van der Waals surface area contributed by atoms with Crippen molar-refractivity contribution in [2.75, 3.05) is 11.9 Å². The standard InChI is InChI=1S/C13H21N3O3/c1-4-6-16-7-5-14-11(12(16)17)15-8-10(9(2)3)13(18)19/h5,7,9-10H,4,6,8H2,1-3H3,(H,14,15)(H,18,19). The van der Waals surface area contributed by atoms with Gasteiger partial charge in [0.25, 0.3) is 5.56 Å². The molecule has 0 aromatic carbocycles. The summed E-state index contributed by atoms with van der Waals surface area (Å²) in [6.07, 6.45) is 4.03. The maximum atomic E-state index is 12.0. The Hall–Kier alpha value is -1.85. The fraction of sp³-hybridized carbons (Fsp3) is 0.615. The van der Waals surface area contributed by atoms with E-state index in [1.165, 1.54) is 0 Å². The van der Waals surface area contributed by atoms with Crippen LogP contribution in [-0.2, 0) is 11.3 Å². The molecule has 0 aliphatic heterocycles. The third-order valence-electron chi connectivity index (χ3n) is 2.99. The quantitative estimate of drug-likeness (QED) is 0.780. The van der Waals surface area contributed by atoms with Crippen LogP contribution in [0.4, 0.5) is 5.82 Å². The lowest BCUT2D eigenvalue weighted by Crippen LogP contribution is -2.31. The summed E-state index contributed by atoms with van der Waals surface area (Å²) in [5.74, 6) is -1.21. The minimum atomic E-state index is -0.868. The predicted molar refractivity (Wildman–Crippen MR) is 73.2 cm³/mol. The number of nitrogens with zero attached hydrogens (tertiary/aromatic N) is 2. The number of carbonyl (C=O) groups is 1. The molecule has 0 saturated heterocycles. The van der Waals surface area contributed by atoms with Gasteiger partial charge in [-0.05, 0) is 12.3 Å². The number of nitrogens with one attached hydrogen (secondary N) is 1. The van der Waals surface area contributed by atoms with Crippen molar-refractivity contribution in [1.82, 2.24) is 9.55 Å². The molecule has 0 aliphatic carbocycles. The second-order valence-electron chi connectivity index (χ2n) is 4.84. The number of carboxylic acid groups (broad SMARTS) is 1. The molecular weight excluding hydrogens is 246 g/mol. The van der Waals surface area contributed by atoms with Crippen molar-refractivity contribution < 1.29 is 9.90 Å². The van der Waals surface area contributed by atoms with Crippen molar-refractivity contribution in [2.45, 2.75) is 33.7 Å². The van der Waals surface area contributed by atoms with Crippen LogP contribution in [0.3, 0.4) is 0 Å². The molecule has 19 heavy (non-hydrogen) atoms. The van der Waals surface area contributed by atoms with Crippen molar-refractivity contribution in [1.29, 1.82) is 0 Å². The third kappa shape index (κ3) is 4.08. The molecule has 6 nitrogen and oxygen atoms in total. The Labute approximate surface area is 112 Å². The Bertz CT molecular complexity index is 482. The van der Waals surface area contributed by atoms with Crippen molar-refractivity contribution in [3.8, 4) is 0 Å². The van der Waals surface area contributed by atoms with Crippen LogP contribution in [0.15, 0.2) is 17.2 Å². The number of carboxylic acids is 1. The summed E-state index contributed by atoms with van der Waals surface area (Å²) in [7, 11) is 0. The molecule has 1 atom stereocenters. The van der Waals surface area contributed by atoms with E-state index in [-0.39, 0.29) is 23.8 Å². The molecule has 106 valence electrons. The normalized spacial score (nSPS) is 12.4. The molecule has 0 fully saturated rings. The van der Waals surface area contributed by atoms with Crippen LogP contribution in [0.5, 0.6) is 0 Å². The highest BCUT2D eigenvalue weighted by atomic mass is 16.4. The van der Waals surface area contributed by atoms with Crippen LogP contribution in [0.25, 0.3) is 0 Å². The number of anilines is 1. The monoisotopic (exact) mass is 267 g/mol. The minimum absolute atomic E-state index is 0.00780. The lowest BCUT2D eigenvalue weighted by atomic mass is 9.96. The zero-order valence-corrected chi connectivity index (χ0v) is 11.6. The summed E-state index contributed by atoms with van der Waals surface area (Å²) in [4.78, 5) is 27.0. The van der Waals surface area contributed by atoms with E-state index in [1.807, 2.05) is 20.8 Å². The topological polar surface area (TPSA) is 84.2 Å². The van der Waals surface area contributed by atoms with Gasteiger partial charge in [0, 0.05) is 25.5 Å². The van der Waals surface area contributed by atoms with Crippen molar-refractivity contribution in [3.63, 3.8) is 0 Å². The first-order valence-electron chi connectivity index (χ1n) is 6.49. The highest BCUT2D eigenvalue weighted by Crippen LogP contribution is 2.11. The zero-order valence-electron chi connectivity index (χ0n) is 11.6. The molecule has 1 aromatic rings.